The van der Waals surface area contributed by atoms with Crippen molar-refractivity contribution in [1.82, 2.24) is 4.98 Å². The summed E-state index contributed by atoms with van der Waals surface area (Å²) in [6, 6.07) is 6.13. The quantitative estimate of drug-likeness (QED) is 0.711. The molecule has 2 heteroatoms. The van der Waals surface area contributed by atoms with E-state index in [0.29, 0.717) is 0 Å². The van der Waals surface area contributed by atoms with Gasteiger partial charge in [0.15, 0.2) is 0 Å². The SMILES string of the molecule is Cc1cc2c(C(C)O)ccc(C)c2[nH]1. The van der Waals surface area contributed by atoms with E-state index in [1.54, 1.807) is 6.92 Å². The molecule has 2 aromatic rings. The van der Waals surface area contributed by atoms with Crippen LogP contribution < -0.4 is 0 Å². The summed E-state index contributed by atoms with van der Waals surface area (Å²) in [5.41, 5.74) is 4.49. The summed E-state index contributed by atoms with van der Waals surface area (Å²) >= 11 is 0. The van der Waals surface area contributed by atoms with Gasteiger partial charge in [-0.25, -0.2) is 0 Å². The number of benzene rings is 1. The lowest BCUT2D eigenvalue weighted by Gasteiger charge is -2.07. The van der Waals surface area contributed by atoms with E-state index in [4.69, 9.17) is 0 Å². The maximum atomic E-state index is 9.61. The summed E-state index contributed by atoms with van der Waals surface area (Å²) in [5.74, 6) is 0. The van der Waals surface area contributed by atoms with Crippen molar-refractivity contribution in [3.8, 4) is 0 Å². The molecule has 0 fully saturated rings. The maximum absolute atomic E-state index is 9.61. The van der Waals surface area contributed by atoms with Crippen molar-refractivity contribution in [2.45, 2.75) is 26.9 Å². The zero-order chi connectivity index (χ0) is 10.3. The number of aromatic nitrogens is 1. The van der Waals surface area contributed by atoms with Crippen molar-refractivity contribution in [3.05, 3.63) is 35.0 Å². The van der Waals surface area contributed by atoms with Crippen LogP contribution in [0.1, 0.15) is 29.8 Å². The number of hydrogen-bond acceptors (Lipinski definition) is 1. The lowest BCUT2D eigenvalue weighted by molar-refractivity contribution is 0.201. The normalized spacial score (nSPS) is 13.4. The topological polar surface area (TPSA) is 36.0 Å². The number of aryl methyl sites for hydroxylation is 2. The third kappa shape index (κ3) is 1.32. The second kappa shape index (κ2) is 3.14. The van der Waals surface area contributed by atoms with Gasteiger partial charge in [0.2, 0.25) is 0 Å². The molecule has 2 nitrogen and oxygen atoms in total. The van der Waals surface area contributed by atoms with Gasteiger partial charge in [-0.3, -0.25) is 0 Å². The maximum Gasteiger partial charge on any atom is 0.0768 e. The average molecular weight is 189 g/mol. The molecule has 0 aliphatic rings. The Hall–Kier alpha value is -1.28. The standard InChI is InChI=1S/C12H15NO/c1-7-4-5-10(9(3)14)11-6-8(2)13-12(7)11/h4-6,9,13-14H,1-3H3. The Kier molecular flexibility index (Phi) is 2.08. The average Bonchev–Trinajstić information content (AvgIpc) is 2.47. The fraction of sp³-hybridized carbons (Fsp3) is 0.333. The largest absolute Gasteiger partial charge is 0.389 e. The molecule has 0 amide bonds. The Labute approximate surface area is 83.6 Å². The second-order valence-electron chi connectivity index (χ2n) is 3.89. The molecule has 0 saturated carbocycles. The summed E-state index contributed by atoms with van der Waals surface area (Å²) < 4.78 is 0. The molecule has 1 unspecified atom stereocenters. The van der Waals surface area contributed by atoms with Crippen molar-refractivity contribution >= 4 is 10.9 Å². The van der Waals surface area contributed by atoms with Crippen LogP contribution in [-0.4, -0.2) is 10.1 Å². The number of H-pyrrole nitrogens is 1. The molecule has 74 valence electrons. The summed E-state index contributed by atoms with van der Waals surface area (Å²) in [7, 11) is 0. The minimum atomic E-state index is -0.409. The lowest BCUT2D eigenvalue weighted by atomic mass is 10.0. The molecule has 0 bridgehead atoms. The summed E-state index contributed by atoms with van der Waals surface area (Å²) in [6.07, 6.45) is -0.409. The number of aromatic amines is 1. The molecule has 1 aromatic heterocycles. The first kappa shape index (κ1) is 9.28. The highest BCUT2D eigenvalue weighted by atomic mass is 16.3. The van der Waals surface area contributed by atoms with Gasteiger partial charge in [0, 0.05) is 16.6 Å². The van der Waals surface area contributed by atoms with E-state index in [1.807, 2.05) is 19.1 Å². The molecule has 1 heterocycles. The van der Waals surface area contributed by atoms with Gasteiger partial charge in [-0.1, -0.05) is 12.1 Å². The highest BCUT2D eigenvalue weighted by molar-refractivity contribution is 5.86. The number of hydrogen-bond donors (Lipinski definition) is 2. The van der Waals surface area contributed by atoms with E-state index >= 15 is 0 Å². The molecule has 0 aliphatic carbocycles. The van der Waals surface area contributed by atoms with Gasteiger partial charge in [-0.2, -0.15) is 0 Å². The van der Waals surface area contributed by atoms with Crippen LogP contribution in [0, 0.1) is 13.8 Å². The van der Waals surface area contributed by atoms with Crippen molar-refractivity contribution in [2.75, 3.05) is 0 Å². The fourth-order valence-corrected chi connectivity index (χ4v) is 1.88. The predicted molar refractivity (Wildman–Crippen MR) is 58.4 cm³/mol. The van der Waals surface area contributed by atoms with Crippen molar-refractivity contribution in [1.29, 1.82) is 0 Å². The van der Waals surface area contributed by atoms with Gasteiger partial charge in [-0.05, 0) is 38.0 Å². The van der Waals surface area contributed by atoms with Gasteiger partial charge in [0.05, 0.1) is 6.10 Å². The third-order valence-corrected chi connectivity index (χ3v) is 2.62. The van der Waals surface area contributed by atoms with E-state index in [2.05, 4.69) is 18.0 Å². The van der Waals surface area contributed by atoms with E-state index in [0.717, 1.165) is 22.2 Å². The molecule has 1 aromatic carbocycles. The first-order valence-electron chi connectivity index (χ1n) is 4.86. The van der Waals surface area contributed by atoms with Crippen LogP contribution in [0.5, 0.6) is 0 Å². The van der Waals surface area contributed by atoms with E-state index in [1.165, 1.54) is 5.56 Å². The molecular weight excluding hydrogens is 174 g/mol. The van der Waals surface area contributed by atoms with Gasteiger partial charge >= 0.3 is 0 Å². The number of rotatable bonds is 1. The zero-order valence-corrected chi connectivity index (χ0v) is 8.76. The molecule has 2 rings (SSSR count). The first-order chi connectivity index (χ1) is 6.59. The van der Waals surface area contributed by atoms with Crippen molar-refractivity contribution in [2.24, 2.45) is 0 Å². The molecule has 0 saturated heterocycles. The van der Waals surface area contributed by atoms with Gasteiger partial charge < -0.3 is 10.1 Å². The van der Waals surface area contributed by atoms with Crippen LogP contribution in [0.15, 0.2) is 18.2 Å². The van der Waals surface area contributed by atoms with Crippen molar-refractivity contribution < 1.29 is 5.11 Å². The summed E-state index contributed by atoms with van der Waals surface area (Å²) in [6.45, 7) is 5.90. The minimum Gasteiger partial charge on any atom is -0.389 e. The Morgan fingerprint density at radius 1 is 1.29 bits per heavy atom. The number of nitrogens with one attached hydrogen (secondary N) is 1. The van der Waals surface area contributed by atoms with Gasteiger partial charge in [0.25, 0.3) is 0 Å². The third-order valence-electron chi connectivity index (χ3n) is 2.62. The Balaban J connectivity index is 2.81. The van der Waals surface area contributed by atoms with Crippen LogP contribution in [-0.2, 0) is 0 Å². The summed E-state index contributed by atoms with van der Waals surface area (Å²) in [5, 5.41) is 10.7. The van der Waals surface area contributed by atoms with Crippen LogP contribution >= 0.6 is 0 Å². The zero-order valence-electron chi connectivity index (χ0n) is 8.76. The smallest absolute Gasteiger partial charge is 0.0768 e. The van der Waals surface area contributed by atoms with Gasteiger partial charge in [0.1, 0.15) is 0 Å². The molecule has 14 heavy (non-hydrogen) atoms. The van der Waals surface area contributed by atoms with Crippen molar-refractivity contribution in [3.63, 3.8) is 0 Å². The highest BCUT2D eigenvalue weighted by Crippen LogP contribution is 2.27. The lowest BCUT2D eigenvalue weighted by Crippen LogP contribution is -1.92. The van der Waals surface area contributed by atoms with Crippen LogP contribution in [0.25, 0.3) is 10.9 Å². The number of aliphatic hydroxyl groups excluding tert-OH is 1. The van der Waals surface area contributed by atoms with E-state index in [9.17, 15) is 5.11 Å². The Morgan fingerprint density at radius 3 is 2.64 bits per heavy atom. The van der Waals surface area contributed by atoms with Crippen LogP contribution in [0.3, 0.4) is 0 Å². The fourth-order valence-electron chi connectivity index (χ4n) is 1.88. The first-order valence-corrected chi connectivity index (χ1v) is 4.86. The second-order valence-corrected chi connectivity index (χ2v) is 3.89. The number of aliphatic hydroxyl groups is 1. The number of fused-ring (bicyclic) bond motifs is 1. The van der Waals surface area contributed by atoms with Crippen LogP contribution in [0.4, 0.5) is 0 Å². The predicted octanol–water partition coefficient (Wildman–Crippen LogP) is 2.84. The Bertz CT molecular complexity index is 468. The monoisotopic (exact) mass is 189 g/mol. The highest BCUT2D eigenvalue weighted by Gasteiger charge is 2.09. The van der Waals surface area contributed by atoms with E-state index in [-0.39, 0.29) is 0 Å². The molecule has 0 aliphatic heterocycles. The van der Waals surface area contributed by atoms with E-state index < -0.39 is 6.10 Å². The molecule has 0 spiro atoms. The minimum absolute atomic E-state index is 0.409. The molecule has 2 N–H and O–H groups in total. The van der Waals surface area contributed by atoms with Gasteiger partial charge in [-0.15, -0.1) is 0 Å². The summed E-state index contributed by atoms with van der Waals surface area (Å²) in [4.78, 5) is 3.31. The molecule has 1 atom stereocenters. The van der Waals surface area contributed by atoms with Crippen LogP contribution in [0.2, 0.25) is 0 Å². The molecule has 0 radical (unpaired) electrons. The Morgan fingerprint density at radius 2 is 2.00 bits per heavy atom. The molecular formula is C12H15NO.